The Hall–Kier alpha value is -3.45. The molecule has 7 nitrogen and oxygen atoms in total. The highest BCUT2D eigenvalue weighted by Gasteiger charge is 2.28. The van der Waals surface area contributed by atoms with Gasteiger partial charge in [0.15, 0.2) is 0 Å². The Labute approximate surface area is 187 Å². The first-order chi connectivity index (χ1) is 15.6. The van der Waals surface area contributed by atoms with Crippen LogP contribution >= 0.6 is 0 Å². The zero-order valence-electron chi connectivity index (χ0n) is 18.4. The molecule has 1 aromatic carbocycles. The van der Waals surface area contributed by atoms with E-state index in [4.69, 9.17) is 9.47 Å². The van der Waals surface area contributed by atoms with E-state index in [-0.39, 0.29) is 23.1 Å². The molecule has 2 aromatic heterocycles. The number of piperidine rings is 1. The number of nitrogens with zero attached hydrogens (tertiary/aromatic N) is 3. The van der Waals surface area contributed by atoms with Crippen molar-refractivity contribution in [1.82, 2.24) is 14.5 Å². The summed E-state index contributed by atoms with van der Waals surface area (Å²) in [5.41, 5.74) is 2.09. The third-order valence-electron chi connectivity index (χ3n) is 5.73. The molecule has 3 heterocycles. The maximum atomic E-state index is 13.4. The van der Waals surface area contributed by atoms with E-state index in [1.54, 1.807) is 55.7 Å². The fourth-order valence-electron chi connectivity index (χ4n) is 4.02. The van der Waals surface area contributed by atoms with Crippen molar-refractivity contribution in [2.45, 2.75) is 32.5 Å². The first-order valence-corrected chi connectivity index (χ1v) is 10.7. The Kier molecular flexibility index (Phi) is 6.66. The average Bonchev–Trinajstić information content (AvgIpc) is 2.83. The third-order valence-corrected chi connectivity index (χ3v) is 5.73. The lowest BCUT2D eigenvalue weighted by molar-refractivity contribution is -0.00689. The van der Waals surface area contributed by atoms with E-state index in [1.165, 1.54) is 4.57 Å². The molecule has 166 valence electrons. The fraction of sp³-hybridized carbons (Fsp3) is 0.320. The van der Waals surface area contributed by atoms with Gasteiger partial charge < -0.3 is 14.4 Å². The van der Waals surface area contributed by atoms with Crippen LogP contribution in [0.15, 0.2) is 65.8 Å². The largest absolute Gasteiger partial charge is 0.495 e. The summed E-state index contributed by atoms with van der Waals surface area (Å²) in [4.78, 5) is 32.6. The molecule has 0 radical (unpaired) electrons. The minimum atomic E-state index is -0.349. The number of aryl methyl sites for hydroxylation is 1. The normalized spacial score (nSPS) is 16.1. The third kappa shape index (κ3) is 4.57. The summed E-state index contributed by atoms with van der Waals surface area (Å²) < 4.78 is 12.9. The summed E-state index contributed by atoms with van der Waals surface area (Å²) in [6.07, 6.45) is 6.82. The van der Waals surface area contributed by atoms with Gasteiger partial charge in [0.2, 0.25) is 0 Å². The summed E-state index contributed by atoms with van der Waals surface area (Å²) in [7, 11) is 1.56. The summed E-state index contributed by atoms with van der Waals surface area (Å²) >= 11 is 0. The number of aromatic nitrogens is 2. The number of hydrogen-bond acceptors (Lipinski definition) is 5. The van der Waals surface area contributed by atoms with Crippen LogP contribution in [-0.4, -0.2) is 46.7 Å². The van der Waals surface area contributed by atoms with Crippen LogP contribution in [0.25, 0.3) is 5.69 Å². The van der Waals surface area contributed by atoms with Gasteiger partial charge >= 0.3 is 0 Å². The van der Waals surface area contributed by atoms with Crippen molar-refractivity contribution in [2.75, 3.05) is 20.2 Å². The lowest BCUT2D eigenvalue weighted by Crippen LogP contribution is -2.45. The molecular formula is C25H27N3O4. The van der Waals surface area contributed by atoms with E-state index in [9.17, 15) is 9.59 Å². The van der Waals surface area contributed by atoms with Crippen LogP contribution in [0.4, 0.5) is 0 Å². The molecule has 1 aliphatic rings. The fourth-order valence-corrected chi connectivity index (χ4v) is 4.02. The Morgan fingerprint density at radius 3 is 2.81 bits per heavy atom. The van der Waals surface area contributed by atoms with Crippen molar-refractivity contribution in [1.29, 1.82) is 0 Å². The molecule has 1 amide bonds. The first-order valence-electron chi connectivity index (χ1n) is 10.7. The summed E-state index contributed by atoms with van der Waals surface area (Å²) in [5.74, 6) is 0.310. The molecule has 0 spiro atoms. The number of hydrogen-bond donors (Lipinski definition) is 0. The Bertz CT molecular complexity index is 1140. The van der Waals surface area contributed by atoms with E-state index in [2.05, 4.69) is 4.98 Å². The molecule has 1 aliphatic heterocycles. The molecule has 32 heavy (non-hydrogen) atoms. The molecule has 7 heteroatoms. The van der Waals surface area contributed by atoms with E-state index in [1.807, 2.05) is 24.3 Å². The molecule has 0 N–H and O–H groups in total. The number of carbonyl (C=O) groups is 1. The van der Waals surface area contributed by atoms with Crippen molar-refractivity contribution in [3.8, 4) is 11.4 Å². The van der Waals surface area contributed by atoms with Crippen molar-refractivity contribution in [3.05, 3.63) is 88.1 Å². The minimum Gasteiger partial charge on any atom is -0.495 e. The maximum Gasteiger partial charge on any atom is 0.268 e. The molecule has 0 bridgehead atoms. The second-order valence-corrected chi connectivity index (χ2v) is 7.91. The Morgan fingerprint density at radius 2 is 2.03 bits per heavy atom. The Morgan fingerprint density at radius 1 is 1.19 bits per heavy atom. The van der Waals surface area contributed by atoms with Crippen molar-refractivity contribution in [2.24, 2.45) is 0 Å². The van der Waals surface area contributed by atoms with Crippen LogP contribution in [0.1, 0.15) is 34.3 Å². The molecular weight excluding hydrogens is 406 g/mol. The van der Waals surface area contributed by atoms with Gasteiger partial charge in [0.25, 0.3) is 11.5 Å². The zero-order valence-corrected chi connectivity index (χ0v) is 18.4. The number of methoxy groups -OCH3 is 1. The predicted molar refractivity (Wildman–Crippen MR) is 121 cm³/mol. The SMILES string of the molecule is COc1ccccc1-n1ccc(C)c(C(=O)N2CCCC(OCc3cccnc3)C2)c1=O. The number of benzene rings is 1. The van der Waals surface area contributed by atoms with E-state index in [0.29, 0.717) is 36.7 Å². The number of para-hydroxylation sites is 2. The second-order valence-electron chi connectivity index (χ2n) is 7.91. The number of likely N-dealkylation sites (tertiary alicyclic amines) is 1. The average molecular weight is 434 g/mol. The van der Waals surface area contributed by atoms with E-state index >= 15 is 0 Å². The van der Waals surface area contributed by atoms with E-state index in [0.717, 1.165) is 18.4 Å². The topological polar surface area (TPSA) is 73.7 Å². The van der Waals surface area contributed by atoms with Crippen LogP contribution in [0.5, 0.6) is 5.75 Å². The van der Waals surface area contributed by atoms with Crippen LogP contribution in [0.3, 0.4) is 0 Å². The number of pyridine rings is 2. The van der Waals surface area contributed by atoms with Gasteiger partial charge in [-0.3, -0.25) is 19.1 Å². The van der Waals surface area contributed by atoms with Gasteiger partial charge in [-0.05, 0) is 55.2 Å². The van der Waals surface area contributed by atoms with Crippen molar-refractivity contribution < 1.29 is 14.3 Å². The molecule has 0 aliphatic carbocycles. The van der Waals surface area contributed by atoms with Crippen LogP contribution in [0, 0.1) is 6.92 Å². The number of carbonyl (C=O) groups excluding carboxylic acids is 1. The van der Waals surface area contributed by atoms with E-state index < -0.39 is 0 Å². The van der Waals surface area contributed by atoms with Gasteiger partial charge in [0.05, 0.1) is 25.5 Å². The lowest BCUT2D eigenvalue weighted by Gasteiger charge is -2.33. The molecule has 1 atom stereocenters. The highest BCUT2D eigenvalue weighted by atomic mass is 16.5. The molecule has 1 unspecified atom stereocenters. The van der Waals surface area contributed by atoms with Crippen molar-refractivity contribution in [3.63, 3.8) is 0 Å². The molecule has 0 saturated carbocycles. The quantitative estimate of drug-likeness (QED) is 0.596. The summed E-state index contributed by atoms with van der Waals surface area (Å²) in [6, 6.07) is 12.9. The van der Waals surface area contributed by atoms with Gasteiger partial charge in [0.1, 0.15) is 11.3 Å². The lowest BCUT2D eigenvalue weighted by atomic mass is 10.0. The molecule has 4 rings (SSSR count). The number of amides is 1. The van der Waals surface area contributed by atoms with Gasteiger partial charge in [-0.1, -0.05) is 18.2 Å². The van der Waals surface area contributed by atoms with Gasteiger partial charge in [-0.25, -0.2) is 0 Å². The maximum absolute atomic E-state index is 13.4. The van der Waals surface area contributed by atoms with Gasteiger partial charge in [-0.15, -0.1) is 0 Å². The number of ether oxygens (including phenoxy) is 2. The zero-order chi connectivity index (χ0) is 22.5. The van der Waals surface area contributed by atoms with Crippen LogP contribution in [0.2, 0.25) is 0 Å². The molecule has 1 fully saturated rings. The second kappa shape index (κ2) is 9.78. The predicted octanol–water partition coefficient (Wildman–Crippen LogP) is 3.37. The van der Waals surface area contributed by atoms with Gasteiger partial charge in [0, 0.05) is 31.7 Å². The monoisotopic (exact) mass is 433 g/mol. The highest BCUT2D eigenvalue weighted by molar-refractivity contribution is 5.95. The highest BCUT2D eigenvalue weighted by Crippen LogP contribution is 2.22. The van der Waals surface area contributed by atoms with Crippen LogP contribution in [-0.2, 0) is 11.3 Å². The Balaban J connectivity index is 1.55. The minimum absolute atomic E-state index is 0.0756. The molecule has 3 aromatic rings. The summed E-state index contributed by atoms with van der Waals surface area (Å²) in [6.45, 7) is 3.31. The number of rotatable bonds is 6. The first kappa shape index (κ1) is 21.8. The standard InChI is InChI=1S/C25H27N3O4/c1-18-11-14-28(21-9-3-4-10-22(21)31-2)25(30)23(18)24(29)27-13-6-8-20(16-27)32-17-19-7-5-12-26-15-19/h3-5,7,9-12,14-15,20H,6,8,13,16-17H2,1-2H3. The van der Waals surface area contributed by atoms with Crippen molar-refractivity contribution >= 4 is 5.91 Å². The van der Waals surface area contributed by atoms with Gasteiger partial charge in [-0.2, -0.15) is 0 Å². The smallest absolute Gasteiger partial charge is 0.268 e. The van der Waals surface area contributed by atoms with Crippen LogP contribution < -0.4 is 10.3 Å². The summed E-state index contributed by atoms with van der Waals surface area (Å²) in [5, 5.41) is 0. The molecule has 1 saturated heterocycles.